The molecule has 0 aliphatic carbocycles. The molecule has 0 fully saturated rings. The lowest BCUT2D eigenvalue weighted by atomic mass is 10.0. The number of benzene rings is 1. The fourth-order valence-electron chi connectivity index (χ4n) is 2.11. The van der Waals surface area contributed by atoms with Gasteiger partial charge >= 0.3 is 0 Å². The van der Waals surface area contributed by atoms with Crippen LogP contribution in [0.1, 0.15) is 37.8 Å². The van der Waals surface area contributed by atoms with Crippen molar-refractivity contribution >= 4 is 17.2 Å². The fourth-order valence-corrected chi connectivity index (χ4v) is 2.26. The number of aryl methyl sites for hydroxylation is 1. The van der Waals surface area contributed by atoms with Crippen molar-refractivity contribution < 1.29 is 0 Å². The molecule has 0 bridgehead atoms. The first kappa shape index (κ1) is 15.4. The van der Waals surface area contributed by atoms with Crippen LogP contribution in [0.2, 0.25) is 0 Å². The van der Waals surface area contributed by atoms with Crippen LogP contribution in [0.3, 0.4) is 0 Å². The minimum Gasteiger partial charge on any atom is -0.389 e. The number of hydrogen-bond donors (Lipinski definition) is 1. The Labute approximate surface area is 129 Å². The lowest BCUT2D eigenvalue weighted by Gasteiger charge is -2.10. The van der Waals surface area contributed by atoms with Gasteiger partial charge in [-0.25, -0.2) is 4.68 Å². The van der Waals surface area contributed by atoms with E-state index in [-0.39, 0.29) is 10.5 Å². The highest BCUT2D eigenvalue weighted by molar-refractivity contribution is 7.80. The van der Waals surface area contributed by atoms with E-state index in [0.717, 1.165) is 5.56 Å². The van der Waals surface area contributed by atoms with Crippen LogP contribution in [0.25, 0.3) is 11.3 Å². The molecule has 0 saturated heterocycles. The molecule has 0 aliphatic rings. The zero-order valence-corrected chi connectivity index (χ0v) is 13.3. The molecule has 1 heterocycles. The third kappa shape index (κ3) is 3.19. The van der Waals surface area contributed by atoms with Crippen molar-refractivity contribution in [3.8, 4) is 11.3 Å². The van der Waals surface area contributed by atoms with Gasteiger partial charge in [0.1, 0.15) is 4.99 Å². The van der Waals surface area contributed by atoms with Crippen molar-refractivity contribution in [1.29, 1.82) is 0 Å². The summed E-state index contributed by atoms with van der Waals surface area (Å²) in [5.41, 5.74) is 8.64. The average molecular weight is 301 g/mol. The van der Waals surface area contributed by atoms with Gasteiger partial charge in [-0.1, -0.05) is 50.3 Å². The molecule has 21 heavy (non-hydrogen) atoms. The van der Waals surface area contributed by atoms with E-state index in [2.05, 4.69) is 31.1 Å². The van der Waals surface area contributed by atoms with Gasteiger partial charge < -0.3 is 5.73 Å². The predicted molar refractivity (Wildman–Crippen MR) is 89.6 cm³/mol. The van der Waals surface area contributed by atoms with Gasteiger partial charge in [-0.15, -0.1) is 0 Å². The van der Waals surface area contributed by atoms with Crippen LogP contribution < -0.4 is 11.3 Å². The Morgan fingerprint density at radius 1 is 1.33 bits per heavy atom. The van der Waals surface area contributed by atoms with Crippen LogP contribution in [0, 0.1) is 0 Å². The van der Waals surface area contributed by atoms with E-state index >= 15 is 0 Å². The Morgan fingerprint density at radius 2 is 1.95 bits per heavy atom. The summed E-state index contributed by atoms with van der Waals surface area (Å²) in [7, 11) is 0. The summed E-state index contributed by atoms with van der Waals surface area (Å²) in [4.78, 5) is 12.2. The van der Waals surface area contributed by atoms with E-state index in [1.54, 1.807) is 6.07 Å². The Morgan fingerprint density at radius 3 is 2.43 bits per heavy atom. The summed E-state index contributed by atoms with van der Waals surface area (Å²) in [6.07, 6.45) is 0. The molecular weight excluding hydrogens is 282 g/mol. The van der Waals surface area contributed by atoms with Gasteiger partial charge in [-0.05, 0) is 24.5 Å². The Hall–Kier alpha value is -2.01. The summed E-state index contributed by atoms with van der Waals surface area (Å²) in [5, 5.41) is 4.37. The summed E-state index contributed by atoms with van der Waals surface area (Å²) < 4.78 is 1.39. The summed E-state index contributed by atoms with van der Waals surface area (Å²) >= 11 is 4.96. The molecule has 0 atom stereocenters. The van der Waals surface area contributed by atoms with Crippen molar-refractivity contribution in [3.05, 3.63) is 51.8 Å². The normalized spacial score (nSPS) is 10.9. The van der Waals surface area contributed by atoms with Gasteiger partial charge in [-0.3, -0.25) is 4.79 Å². The van der Waals surface area contributed by atoms with Gasteiger partial charge in [-0.2, -0.15) is 5.10 Å². The molecule has 4 nitrogen and oxygen atoms in total. The Bertz CT molecular complexity index is 717. The Balaban J connectivity index is 2.55. The summed E-state index contributed by atoms with van der Waals surface area (Å²) in [6.45, 7) is 6.64. The third-order valence-corrected chi connectivity index (χ3v) is 3.63. The van der Waals surface area contributed by atoms with E-state index in [9.17, 15) is 4.79 Å². The molecule has 1 aromatic heterocycles. The lowest BCUT2D eigenvalue weighted by Crippen LogP contribution is -2.30. The SMILES string of the molecule is CCn1nc(-c2ccc(C(C)C)cc2)cc(C(N)=S)c1=O. The Kier molecular flexibility index (Phi) is 4.53. The van der Waals surface area contributed by atoms with E-state index in [4.69, 9.17) is 18.0 Å². The van der Waals surface area contributed by atoms with Crippen LogP contribution in [-0.2, 0) is 6.54 Å². The molecule has 0 unspecified atom stereocenters. The third-order valence-electron chi connectivity index (χ3n) is 3.41. The number of aromatic nitrogens is 2. The number of thiocarbonyl (C=S) groups is 1. The number of hydrogen-bond acceptors (Lipinski definition) is 3. The van der Waals surface area contributed by atoms with Gasteiger partial charge in [0.25, 0.3) is 5.56 Å². The molecule has 5 heteroatoms. The van der Waals surface area contributed by atoms with E-state index in [1.165, 1.54) is 10.2 Å². The summed E-state index contributed by atoms with van der Waals surface area (Å²) in [6, 6.07) is 9.82. The molecule has 2 rings (SSSR count). The first-order valence-corrected chi connectivity index (χ1v) is 7.37. The highest BCUT2D eigenvalue weighted by atomic mass is 32.1. The van der Waals surface area contributed by atoms with Crippen LogP contribution in [-0.4, -0.2) is 14.8 Å². The second kappa shape index (κ2) is 6.18. The van der Waals surface area contributed by atoms with Crippen molar-refractivity contribution in [2.45, 2.75) is 33.2 Å². The first-order chi connectivity index (χ1) is 9.93. The van der Waals surface area contributed by atoms with Crippen molar-refractivity contribution in [1.82, 2.24) is 9.78 Å². The second-order valence-electron chi connectivity index (χ2n) is 5.21. The zero-order chi connectivity index (χ0) is 15.6. The fraction of sp³-hybridized carbons (Fsp3) is 0.312. The standard InChI is InChI=1S/C16H19N3OS/c1-4-19-16(20)13(15(17)21)9-14(18-19)12-7-5-11(6-8-12)10(2)3/h5-10H,4H2,1-3H3,(H2,17,21). The van der Waals surface area contributed by atoms with Crippen LogP contribution in [0.15, 0.2) is 35.1 Å². The smallest absolute Gasteiger partial charge is 0.277 e. The van der Waals surface area contributed by atoms with Gasteiger partial charge in [0.15, 0.2) is 0 Å². The molecule has 0 radical (unpaired) electrons. The van der Waals surface area contributed by atoms with Crippen LogP contribution in [0.5, 0.6) is 0 Å². The molecule has 0 amide bonds. The van der Waals surface area contributed by atoms with E-state index < -0.39 is 0 Å². The maximum Gasteiger partial charge on any atom is 0.277 e. The molecule has 0 aliphatic heterocycles. The predicted octanol–water partition coefficient (Wildman–Crippen LogP) is 2.69. The average Bonchev–Trinajstić information content (AvgIpc) is 2.47. The second-order valence-corrected chi connectivity index (χ2v) is 5.64. The quantitative estimate of drug-likeness (QED) is 0.882. The van der Waals surface area contributed by atoms with Crippen LogP contribution >= 0.6 is 12.2 Å². The van der Waals surface area contributed by atoms with Gasteiger partial charge in [0, 0.05) is 12.1 Å². The number of rotatable bonds is 4. The minimum absolute atomic E-state index is 0.102. The largest absolute Gasteiger partial charge is 0.389 e. The number of nitrogens with two attached hydrogens (primary N) is 1. The van der Waals surface area contributed by atoms with E-state index in [1.807, 2.05) is 19.1 Å². The number of nitrogens with zero attached hydrogens (tertiary/aromatic N) is 2. The minimum atomic E-state index is -0.243. The lowest BCUT2D eigenvalue weighted by molar-refractivity contribution is 0.618. The molecule has 0 saturated carbocycles. The maximum absolute atomic E-state index is 12.1. The van der Waals surface area contributed by atoms with Gasteiger partial charge in [0.2, 0.25) is 0 Å². The van der Waals surface area contributed by atoms with E-state index in [0.29, 0.717) is 23.7 Å². The molecule has 1 aromatic carbocycles. The molecule has 110 valence electrons. The first-order valence-electron chi connectivity index (χ1n) is 6.96. The zero-order valence-electron chi connectivity index (χ0n) is 12.5. The molecule has 2 N–H and O–H groups in total. The van der Waals surface area contributed by atoms with Crippen molar-refractivity contribution in [2.75, 3.05) is 0 Å². The maximum atomic E-state index is 12.1. The highest BCUT2D eigenvalue weighted by Gasteiger charge is 2.11. The van der Waals surface area contributed by atoms with Crippen LogP contribution in [0.4, 0.5) is 0 Å². The molecule has 0 spiro atoms. The summed E-state index contributed by atoms with van der Waals surface area (Å²) in [5.74, 6) is 0.476. The highest BCUT2D eigenvalue weighted by Crippen LogP contribution is 2.21. The van der Waals surface area contributed by atoms with Crippen molar-refractivity contribution in [2.24, 2.45) is 5.73 Å². The monoisotopic (exact) mass is 301 g/mol. The van der Waals surface area contributed by atoms with Crippen molar-refractivity contribution in [3.63, 3.8) is 0 Å². The topological polar surface area (TPSA) is 60.9 Å². The molecular formula is C16H19N3OS. The molecule has 2 aromatic rings. The van der Waals surface area contributed by atoms with Gasteiger partial charge in [0.05, 0.1) is 11.3 Å².